The Labute approximate surface area is 461 Å². The monoisotopic (exact) mass is 1100 g/mol. The number of cyclic esters (lactones) is 1. The van der Waals surface area contributed by atoms with Crippen LogP contribution in [0.2, 0.25) is 0 Å². The zero-order chi connectivity index (χ0) is 57.8. The van der Waals surface area contributed by atoms with E-state index in [0.717, 1.165) is 25.1 Å². The fourth-order valence-electron chi connectivity index (χ4n) is 12.9. The van der Waals surface area contributed by atoms with Crippen molar-refractivity contribution in [3.05, 3.63) is 45.7 Å². The molecule has 78 heavy (non-hydrogen) atoms. The van der Waals surface area contributed by atoms with Gasteiger partial charge in [-0.25, -0.2) is 9.59 Å². The van der Waals surface area contributed by atoms with Crippen LogP contribution in [0.1, 0.15) is 131 Å². The molecule has 1 aromatic carbocycles. The van der Waals surface area contributed by atoms with Crippen LogP contribution in [0.15, 0.2) is 29.2 Å². The standard InChI is InChI=1S/C58H92N4O16/c1-17-43-58(11)49(59-55(69)78-58)34(5)45(63)32(3)29-56(9,70-15)50(77-54-47(65)42(60(12)13)27-33(4)73-54)35(6)48(36(7)53(68)75-43)76-44-30-57(10,71-16)51(37(8)74-44)72-26-20-25-61(14)24-19-21-38-22-23-41-39(28-38)46(64)40(52(66)67)31-62(41)18-2/h22-23,28,31-37,42-44,47-51,54,65H,17-21,24-27,29-30H2,1-16H3,(H,59,69)(H,66,67)/t32-,33-,34?,35+,36+,37-,42+,43-,44+,47+,48+,49+,50-,51+,54+,56+,57-,58-/m0/s1. The van der Waals surface area contributed by atoms with Crippen LogP contribution in [0.25, 0.3) is 10.9 Å². The number of ketones is 1. The Bertz CT molecular complexity index is 2460. The maximum Gasteiger partial charge on any atom is 0.408 e. The Hall–Kier alpha value is -4.09. The number of aliphatic hydroxyl groups is 1. The zero-order valence-corrected chi connectivity index (χ0v) is 49.2. The molecule has 0 bridgehead atoms. The average Bonchev–Trinajstić information content (AvgIpc) is 3.79. The van der Waals surface area contributed by atoms with Crippen molar-refractivity contribution < 1.29 is 72.0 Å². The number of carboxylic acid groups (broad SMARTS) is 1. The van der Waals surface area contributed by atoms with Crippen molar-refractivity contribution in [2.45, 2.75) is 212 Å². The number of pyridine rings is 1. The number of Topliss-reactive ketones (excluding diaryl/α,β-unsaturated/α-hetero) is 1. The lowest BCUT2D eigenvalue weighted by molar-refractivity contribution is -0.322. The van der Waals surface area contributed by atoms with Gasteiger partial charge in [-0.2, -0.15) is 0 Å². The molecule has 1 aromatic heterocycles. The second kappa shape index (κ2) is 26.2. The Balaban J connectivity index is 1.20. The number of hydrogen-bond acceptors (Lipinski definition) is 17. The van der Waals surface area contributed by atoms with Crippen molar-refractivity contribution in [1.82, 2.24) is 19.7 Å². The van der Waals surface area contributed by atoms with Crippen molar-refractivity contribution in [2.24, 2.45) is 23.7 Å². The number of rotatable bonds is 19. The van der Waals surface area contributed by atoms with E-state index < -0.39 is 119 Å². The second-order valence-corrected chi connectivity index (χ2v) is 23.6. The number of nitrogens with one attached hydrogen (secondary N) is 1. The number of aryl methyl sites for hydroxylation is 2. The van der Waals surface area contributed by atoms with Gasteiger partial charge in [0.15, 0.2) is 18.2 Å². The van der Waals surface area contributed by atoms with Gasteiger partial charge in [0.25, 0.3) is 0 Å². The number of carbonyl (C=O) groups is 4. The number of esters is 1. The summed E-state index contributed by atoms with van der Waals surface area (Å²) < 4.78 is 60.6. The Morgan fingerprint density at radius 2 is 1.55 bits per heavy atom. The Kier molecular flexibility index (Phi) is 21.2. The first-order valence-electron chi connectivity index (χ1n) is 28.2. The van der Waals surface area contributed by atoms with Gasteiger partial charge in [-0.15, -0.1) is 0 Å². The summed E-state index contributed by atoms with van der Waals surface area (Å²) in [4.78, 5) is 71.5. The third kappa shape index (κ3) is 13.6. The normalized spacial score (nSPS) is 37.2. The molecule has 4 aliphatic heterocycles. The van der Waals surface area contributed by atoms with Gasteiger partial charge < -0.3 is 72.5 Å². The predicted molar refractivity (Wildman–Crippen MR) is 291 cm³/mol. The van der Waals surface area contributed by atoms with Gasteiger partial charge in [0.05, 0.1) is 53.1 Å². The summed E-state index contributed by atoms with van der Waals surface area (Å²) in [5.74, 6) is -5.12. The van der Waals surface area contributed by atoms with Crippen molar-refractivity contribution in [3.8, 4) is 0 Å². The summed E-state index contributed by atoms with van der Waals surface area (Å²) in [5.41, 5.74) is -2.59. The van der Waals surface area contributed by atoms with Crippen molar-refractivity contribution in [2.75, 3.05) is 55.1 Å². The van der Waals surface area contributed by atoms with Crippen LogP contribution >= 0.6 is 0 Å². The SMILES string of the molecule is CC[C@@H]1OC(=O)[C@H](C)[C@H](O[C@@H]2C[C@](C)(OC)[C@H](OCCCN(C)CCCc3ccc4c(c3)c(=O)c(C(=O)O)cn4CC)[C@H](C)O2)[C@@H](C)[C@H](O[C@H]2O[C@@H](C)C[C@@H](N(C)C)[C@H]2O)[C@](C)(OC)C[C@H](C)C(=O)C(C)[C@H]2NC(=O)O[C@@]12C. The third-order valence-electron chi connectivity index (χ3n) is 17.5. The summed E-state index contributed by atoms with van der Waals surface area (Å²) in [5, 5.41) is 24.8. The molecule has 6 rings (SSSR count). The minimum atomic E-state index is -1.39. The summed E-state index contributed by atoms with van der Waals surface area (Å²) in [6, 6.07) is 4.57. The zero-order valence-electron chi connectivity index (χ0n) is 49.2. The summed E-state index contributed by atoms with van der Waals surface area (Å²) in [6.07, 6.45) is -3.21. The van der Waals surface area contributed by atoms with E-state index in [2.05, 4.69) is 10.2 Å². The summed E-state index contributed by atoms with van der Waals surface area (Å²) >= 11 is 0. The molecule has 1 unspecified atom stereocenters. The maximum atomic E-state index is 14.8. The number of aromatic nitrogens is 1. The van der Waals surface area contributed by atoms with Crippen molar-refractivity contribution in [1.29, 1.82) is 0 Å². The molecule has 20 nitrogen and oxygen atoms in total. The van der Waals surface area contributed by atoms with Crippen molar-refractivity contribution >= 4 is 34.7 Å². The molecular formula is C58H92N4O16. The van der Waals surface area contributed by atoms with E-state index in [9.17, 15) is 34.2 Å². The topological polar surface area (TPSA) is 232 Å². The number of aliphatic hydroxyl groups excluding tert-OH is 1. The van der Waals surface area contributed by atoms with Gasteiger partial charge in [-0.1, -0.05) is 33.8 Å². The minimum absolute atomic E-state index is 0.151. The highest BCUT2D eigenvalue weighted by Gasteiger charge is 2.58. The van der Waals surface area contributed by atoms with E-state index >= 15 is 0 Å². The number of methoxy groups -OCH3 is 2. The first kappa shape index (κ1) is 63.1. The number of amides is 1. The van der Waals surface area contributed by atoms with Gasteiger partial charge >= 0.3 is 18.0 Å². The summed E-state index contributed by atoms with van der Waals surface area (Å²) in [7, 11) is 9.01. The summed E-state index contributed by atoms with van der Waals surface area (Å²) in [6.45, 7) is 22.8. The predicted octanol–water partition coefficient (Wildman–Crippen LogP) is 6.21. The molecular weight excluding hydrogens is 1010 g/mol. The number of carboxylic acids is 1. The number of carbonyl (C=O) groups excluding carboxylic acids is 3. The van der Waals surface area contributed by atoms with Crippen LogP contribution in [0, 0.1) is 23.7 Å². The van der Waals surface area contributed by atoms with Crippen LogP contribution in [0.4, 0.5) is 4.79 Å². The highest BCUT2D eigenvalue weighted by atomic mass is 16.7. The van der Waals surface area contributed by atoms with Crippen LogP contribution in [0.3, 0.4) is 0 Å². The largest absolute Gasteiger partial charge is 0.477 e. The molecule has 4 saturated heterocycles. The smallest absolute Gasteiger partial charge is 0.408 e. The first-order valence-corrected chi connectivity index (χ1v) is 28.2. The van der Waals surface area contributed by atoms with E-state index in [1.807, 2.05) is 99.6 Å². The van der Waals surface area contributed by atoms with Gasteiger partial charge in [-0.3, -0.25) is 14.4 Å². The number of nitrogens with zero attached hydrogens (tertiary/aromatic N) is 3. The number of alkyl carbamates (subject to hydrolysis) is 1. The molecule has 3 N–H and O–H groups in total. The van der Waals surface area contributed by atoms with Crippen LogP contribution in [0.5, 0.6) is 0 Å². The highest BCUT2D eigenvalue weighted by Crippen LogP contribution is 2.43. The fourth-order valence-corrected chi connectivity index (χ4v) is 12.9. The number of ether oxygens (including phenoxy) is 9. The second-order valence-electron chi connectivity index (χ2n) is 23.6. The maximum absolute atomic E-state index is 14.8. The number of fused-ring (bicyclic) bond motifs is 2. The minimum Gasteiger partial charge on any atom is -0.477 e. The average molecular weight is 1100 g/mol. The molecule has 0 saturated carbocycles. The quantitative estimate of drug-likeness (QED) is 0.105. The molecule has 0 spiro atoms. The third-order valence-corrected chi connectivity index (χ3v) is 17.5. The van der Waals surface area contributed by atoms with E-state index in [4.69, 9.17) is 42.6 Å². The van der Waals surface area contributed by atoms with E-state index in [1.54, 1.807) is 39.6 Å². The van der Waals surface area contributed by atoms with Crippen LogP contribution < -0.4 is 10.7 Å². The molecule has 0 aliphatic carbocycles. The molecule has 18 atom stereocenters. The Morgan fingerprint density at radius 3 is 2.18 bits per heavy atom. The highest BCUT2D eigenvalue weighted by molar-refractivity contribution is 5.92. The molecule has 440 valence electrons. The lowest BCUT2D eigenvalue weighted by atomic mass is 9.73. The van der Waals surface area contributed by atoms with Gasteiger partial charge in [0.2, 0.25) is 5.43 Å². The van der Waals surface area contributed by atoms with E-state index in [0.29, 0.717) is 43.3 Å². The Morgan fingerprint density at radius 1 is 0.885 bits per heavy atom. The van der Waals surface area contributed by atoms with Gasteiger partial charge in [0.1, 0.15) is 29.7 Å². The molecule has 20 heteroatoms. The number of aromatic carboxylic acids is 1. The van der Waals surface area contributed by atoms with Crippen LogP contribution in [-0.4, -0.2) is 188 Å². The first-order chi connectivity index (χ1) is 36.7. The van der Waals surface area contributed by atoms with E-state index in [-0.39, 0.29) is 42.8 Å². The molecule has 4 fully saturated rings. The van der Waals surface area contributed by atoms with Crippen molar-refractivity contribution in [3.63, 3.8) is 0 Å². The van der Waals surface area contributed by atoms with Gasteiger partial charge in [0, 0.05) is 75.7 Å². The molecule has 5 heterocycles. The lowest BCUT2D eigenvalue weighted by Gasteiger charge is -2.50. The number of hydrogen-bond donors (Lipinski definition) is 3. The number of benzene rings is 1. The molecule has 1 amide bonds. The van der Waals surface area contributed by atoms with Crippen LogP contribution in [-0.2, 0) is 65.2 Å². The lowest BCUT2D eigenvalue weighted by Crippen LogP contribution is -2.61. The van der Waals surface area contributed by atoms with E-state index in [1.165, 1.54) is 6.20 Å². The van der Waals surface area contributed by atoms with Gasteiger partial charge in [-0.05, 0) is 132 Å². The number of likely N-dealkylation sites (N-methyl/N-ethyl adjacent to an activating group) is 1. The molecule has 2 aromatic rings. The fraction of sp³-hybridized carbons (Fsp3) is 0.776. The molecule has 0 radical (unpaired) electrons. The molecule has 4 aliphatic rings.